The summed E-state index contributed by atoms with van der Waals surface area (Å²) in [7, 11) is 0. The molecule has 0 amide bonds. The number of hydrogen-bond donors (Lipinski definition) is 0. The van der Waals surface area contributed by atoms with Gasteiger partial charge in [-0.2, -0.15) is 5.10 Å². The first-order valence-corrected chi connectivity index (χ1v) is 9.87. The molecular formula is C21H29ClN2O2. The minimum atomic E-state index is -0.158. The molecule has 0 aliphatic rings. The van der Waals surface area contributed by atoms with E-state index in [9.17, 15) is 4.79 Å². The average molecular weight is 377 g/mol. The molecule has 5 heteroatoms. The molecule has 0 unspecified atom stereocenters. The van der Waals surface area contributed by atoms with Gasteiger partial charge in [0.15, 0.2) is 6.61 Å². The van der Waals surface area contributed by atoms with E-state index in [-0.39, 0.29) is 12.5 Å². The minimum Gasteiger partial charge on any atom is -0.484 e. The van der Waals surface area contributed by atoms with Crippen LogP contribution in [0.5, 0.6) is 5.75 Å². The number of rotatable bonds is 10. The highest BCUT2D eigenvalue weighted by molar-refractivity contribution is 6.30. The Balaban J connectivity index is 1.88. The van der Waals surface area contributed by atoms with Crippen molar-refractivity contribution < 1.29 is 9.53 Å². The van der Waals surface area contributed by atoms with Gasteiger partial charge >= 0.3 is 0 Å². The molecule has 0 aliphatic carbocycles. The molecule has 26 heavy (non-hydrogen) atoms. The number of halogens is 1. The predicted molar refractivity (Wildman–Crippen MR) is 106 cm³/mol. The standard InChI is InChI=1S/C21H29ClN2O2/c1-4-5-6-7-8-9-10-20-16(2)23-24(17(20)3)21(25)15-26-19-13-11-18(22)12-14-19/h11-14H,4-10,15H2,1-3H3. The summed E-state index contributed by atoms with van der Waals surface area (Å²) in [6.45, 7) is 6.13. The summed E-state index contributed by atoms with van der Waals surface area (Å²) in [5.74, 6) is 0.464. The zero-order valence-corrected chi connectivity index (χ0v) is 16.8. The number of ether oxygens (including phenoxy) is 1. The maximum Gasteiger partial charge on any atom is 0.284 e. The normalized spacial score (nSPS) is 10.9. The number of benzene rings is 1. The van der Waals surface area contributed by atoms with Gasteiger partial charge in [0.1, 0.15) is 5.75 Å². The SMILES string of the molecule is CCCCCCCCc1c(C)nn(C(=O)COc2ccc(Cl)cc2)c1C. The van der Waals surface area contributed by atoms with Gasteiger partial charge in [0.25, 0.3) is 5.91 Å². The van der Waals surface area contributed by atoms with Gasteiger partial charge in [-0.25, -0.2) is 4.68 Å². The van der Waals surface area contributed by atoms with Gasteiger partial charge < -0.3 is 4.74 Å². The largest absolute Gasteiger partial charge is 0.484 e. The summed E-state index contributed by atoms with van der Waals surface area (Å²) >= 11 is 5.85. The molecule has 0 saturated carbocycles. The molecule has 142 valence electrons. The Labute approximate surface area is 161 Å². The van der Waals surface area contributed by atoms with Crippen molar-refractivity contribution in [1.82, 2.24) is 9.78 Å². The molecule has 0 saturated heterocycles. The number of hydrogen-bond acceptors (Lipinski definition) is 3. The van der Waals surface area contributed by atoms with Gasteiger partial charge in [-0.05, 0) is 56.5 Å². The Morgan fingerprint density at radius 1 is 1.08 bits per heavy atom. The van der Waals surface area contributed by atoms with Crippen LogP contribution in [0.2, 0.25) is 5.02 Å². The van der Waals surface area contributed by atoms with Crippen LogP contribution in [-0.4, -0.2) is 22.3 Å². The highest BCUT2D eigenvalue weighted by Crippen LogP contribution is 2.18. The predicted octanol–water partition coefficient (Wildman–Crippen LogP) is 5.78. The van der Waals surface area contributed by atoms with Crippen molar-refractivity contribution in [2.75, 3.05) is 6.61 Å². The summed E-state index contributed by atoms with van der Waals surface area (Å²) in [5.41, 5.74) is 3.07. The third-order valence-electron chi connectivity index (χ3n) is 4.63. The van der Waals surface area contributed by atoms with Crippen molar-refractivity contribution in [1.29, 1.82) is 0 Å². The van der Waals surface area contributed by atoms with Gasteiger partial charge in [-0.15, -0.1) is 0 Å². The number of nitrogens with zero attached hydrogens (tertiary/aromatic N) is 2. The third kappa shape index (κ3) is 5.87. The zero-order chi connectivity index (χ0) is 18.9. The van der Waals surface area contributed by atoms with Crippen molar-refractivity contribution >= 4 is 17.5 Å². The van der Waals surface area contributed by atoms with E-state index in [1.807, 2.05) is 13.8 Å². The lowest BCUT2D eigenvalue weighted by Crippen LogP contribution is -2.21. The molecule has 0 spiro atoms. The molecule has 0 bridgehead atoms. The quantitative estimate of drug-likeness (QED) is 0.494. The van der Waals surface area contributed by atoms with Crippen molar-refractivity contribution in [2.45, 2.75) is 65.7 Å². The summed E-state index contributed by atoms with van der Waals surface area (Å²) < 4.78 is 7.03. The molecule has 4 nitrogen and oxygen atoms in total. The van der Waals surface area contributed by atoms with Gasteiger partial charge in [0.2, 0.25) is 0 Å². The fourth-order valence-electron chi connectivity index (χ4n) is 3.10. The number of aryl methyl sites for hydroxylation is 1. The topological polar surface area (TPSA) is 44.1 Å². The van der Waals surface area contributed by atoms with E-state index in [1.54, 1.807) is 24.3 Å². The van der Waals surface area contributed by atoms with Crippen LogP contribution in [0.15, 0.2) is 24.3 Å². The fraction of sp³-hybridized carbons (Fsp3) is 0.524. The lowest BCUT2D eigenvalue weighted by molar-refractivity contribution is 0.0818. The number of carbonyl (C=O) groups excluding carboxylic acids is 1. The second-order valence-corrected chi connectivity index (χ2v) is 7.15. The average Bonchev–Trinajstić information content (AvgIpc) is 2.92. The molecule has 0 atom stereocenters. The first-order chi connectivity index (χ1) is 12.5. The van der Waals surface area contributed by atoms with Crippen molar-refractivity contribution in [3.63, 3.8) is 0 Å². The van der Waals surface area contributed by atoms with Crippen LogP contribution in [0.3, 0.4) is 0 Å². The zero-order valence-electron chi connectivity index (χ0n) is 16.1. The Morgan fingerprint density at radius 3 is 2.42 bits per heavy atom. The fourth-order valence-corrected chi connectivity index (χ4v) is 3.22. The van der Waals surface area contributed by atoms with Crippen molar-refractivity contribution in [3.8, 4) is 5.75 Å². The van der Waals surface area contributed by atoms with Crippen LogP contribution < -0.4 is 4.74 Å². The van der Waals surface area contributed by atoms with Crippen molar-refractivity contribution in [3.05, 3.63) is 46.2 Å². The highest BCUT2D eigenvalue weighted by Gasteiger charge is 2.16. The van der Waals surface area contributed by atoms with Crippen LogP contribution in [0.1, 0.15) is 67.2 Å². The van der Waals surface area contributed by atoms with Crippen LogP contribution >= 0.6 is 11.6 Å². The Bertz CT molecular complexity index is 708. The van der Waals surface area contributed by atoms with Crippen LogP contribution in [0.4, 0.5) is 0 Å². The van der Waals surface area contributed by atoms with E-state index < -0.39 is 0 Å². The molecule has 0 N–H and O–H groups in total. The molecule has 0 radical (unpaired) electrons. The molecule has 0 fully saturated rings. The molecule has 2 aromatic rings. The Kier molecular flexibility index (Phi) is 8.17. The lowest BCUT2D eigenvalue weighted by atomic mass is 10.0. The van der Waals surface area contributed by atoms with Gasteiger partial charge in [-0.3, -0.25) is 4.79 Å². The van der Waals surface area contributed by atoms with Gasteiger partial charge in [0, 0.05) is 10.7 Å². The Morgan fingerprint density at radius 2 is 1.73 bits per heavy atom. The maximum absolute atomic E-state index is 12.5. The van der Waals surface area contributed by atoms with E-state index in [0.29, 0.717) is 10.8 Å². The lowest BCUT2D eigenvalue weighted by Gasteiger charge is -2.07. The monoisotopic (exact) mass is 376 g/mol. The number of unbranched alkanes of at least 4 members (excludes halogenated alkanes) is 5. The highest BCUT2D eigenvalue weighted by atomic mass is 35.5. The van der Waals surface area contributed by atoms with E-state index in [4.69, 9.17) is 16.3 Å². The van der Waals surface area contributed by atoms with Crippen LogP contribution in [-0.2, 0) is 6.42 Å². The van der Waals surface area contributed by atoms with E-state index in [1.165, 1.54) is 42.3 Å². The molecule has 0 aliphatic heterocycles. The molecular weight excluding hydrogens is 348 g/mol. The number of carbonyl (C=O) groups is 1. The summed E-state index contributed by atoms with van der Waals surface area (Å²) in [6, 6.07) is 6.98. The summed E-state index contributed by atoms with van der Waals surface area (Å²) in [4.78, 5) is 12.5. The summed E-state index contributed by atoms with van der Waals surface area (Å²) in [6.07, 6.45) is 8.55. The number of aromatic nitrogens is 2. The Hall–Kier alpha value is -1.81. The summed E-state index contributed by atoms with van der Waals surface area (Å²) in [5, 5.41) is 5.07. The van der Waals surface area contributed by atoms with E-state index in [2.05, 4.69) is 12.0 Å². The smallest absolute Gasteiger partial charge is 0.284 e. The van der Waals surface area contributed by atoms with Crippen LogP contribution in [0, 0.1) is 13.8 Å². The van der Waals surface area contributed by atoms with Crippen molar-refractivity contribution in [2.24, 2.45) is 0 Å². The molecule has 1 aromatic heterocycles. The third-order valence-corrected chi connectivity index (χ3v) is 4.89. The molecule has 2 rings (SSSR count). The van der Waals surface area contributed by atoms with E-state index in [0.717, 1.165) is 24.2 Å². The minimum absolute atomic E-state index is 0.0416. The molecule has 1 heterocycles. The van der Waals surface area contributed by atoms with Gasteiger partial charge in [0.05, 0.1) is 5.69 Å². The van der Waals surface area contributed by atoms with E-state index >= 15 is 0 Å². The molecule has 1 aromatic carbocycles. The van der Waals surface area contributed by atoms with Crippen LogP contribution in [0.25, 0.3) is 0 Å². The second kappa shape index (κ2) is 10.4. The first-order valence-electron chi connectivity index (χ1n) is 9.49. The maximum atomic E-state index is 12.5. The second-order valence-electron chi connectivity index (χ2n) is 6.72. The van der Waals surface area contributed by atoms with Gasteiger partial charge in [-0.1, -0.05) is 50.6 Å². The first kappa shape index (κ1) is 20.5.